The summed E-state index contributed by atoms with van der Waals surface area (Å²) in [5.41, 5.74) is 2.33. The van der Waals surface area contributed by atoms with Crippen LogP contribution in [0.1, 0.15) is 21.8 Å². The van der Waals surface area contributed by atoms with E-state index in [1.807, 2.05) is 48.5 Å². The first-order valence-electron chi connectivity index (χ1n) is 8.49. The minimum absolute atomic E-state index is 0.0284. The molecule has 0 heterocycles. The summed E-state index contributed by atoms with van der Waals surface area (Å²) in [6.07, 6.45) is 0. The van der Waals surface area contributed by atoms with Crippen LogP contribution in [-0.4, -0.2) is 17.3 Å². The van der Waals surface area contributed by atoms with Gasteiger partial charge in [-0.1, -0.05) is 30.3 Å². The van der Waals surface area contributed by atoms with E-state index in [4.69, 9.17) is 0 Å². The van der Waals surface area contributed by atoms with E-state index < -0.39 is 10.8 Å². The number of ketones is 1. The Bertz CT molecular complexity index is 1010. The molecule has 0 aliphatic carbocycles. The highest BCUT2D eigenvalue weighted by molar-refractivity contribution is 14.1. The average Bonchev–Trinajstić information content (AvgIpc) is 2.70. The van der Waals surface area contributed by atoms with Crippen LogP contribution in [0, 0.1) is 17.3 Å². The second-order valence-corrected chi connectivity index (χ2v) is 8.43. The molecule has 28 heavy (non-hydrogen) atoms. The van der Waals surface area contributed by atoms with E-state index in [0.29, 0.717) is 12.1 Å². The van der Waals surface area contributed by atoms with Crippen molar-refractivity contribution in [2.24, 2.45) is 0 Å². The monoisotopic (exact) mass is 598 g/mol. The Kier molecular flexibility index (Phi) is 7.00. The number of carbonyl (C=O) groups excluding carboxylic acids is 1. The third-order valence-electron chi connectivity index (χ3n) is 4.33. The Balaban J connectivity index is 1.91. The topological polar surface area (TPSA) is 72.2 Å². The number of hydrogen-bond acceptors (Lipinski definition) is 4. The van der Waals surface area contributed by atoms with E-state index in [2.05, 4.69) is 50.5 Å². The number of anilines is 1. The van der Waals surface area contributed by atoms with Gasteiger partial charge in [0.25, 0.3) is 5.69 Å². The number of rotatable bonds is 7. The van der Waals surface area contributed by atoms with Gasteiger partial charge in [0.05, 0.1) is 10.8 Å². The number of halogens is 2. The quantitative estimate of drug-likeness (QED) is 0.160. The van der Waals surface area contributed by atoms with Crippen molar-refractivity contribution in [2.75, 3.05) is 11.9 Å². The van der Waals surface area contributed by atoms with Crippen LogP contribution in [0.3, 0.4) is 0 Å². The minimum atomic E-state index is -0.467. The van der Waals surface area contributed by atoms with Crippen LogP contribution < -0.4 is 5.32 Å². The molecule has 1 N–H and O–H groups in total. The van der Waals surface area contributed by atoms with Crippen molar-refractivity contribution in [1.29, 1.82) is 0 Å². The maximum Gasteiger partial charge on any atom is 0.269 e. The minimum Gasteiger partial charge on any atom is -0.383 e. The van der Waals surface area contributed by atoms with Crippen LogP contribution in [0.4, 0.5) is 11.4 Å². The Morgan fingerprint density at radius 2 is 1.54 bits per heavy atom. The summed E-state index contributed by atoms with van der Waals surface area (Å²) in [4.78, 5) is 23.7. The molecule has 0 aliphatic rings. The molecule has 0 radical (unpaired) electrons. The van der Waals surface area contributed by atoms with Crippen molar-refractivity contribution in [2.45, 2.75) is 5.92 Å². The van der Waals surface area contributed by atoms with Gasteiger partial charge >= 0.3 is 0 Å². The van der Waals surface area contributed by atoms with Crippen molar-refractivity contribution >= 4 is 62.3 Å². The predicted molar refractivity (Wildman–Crippen MR) is 127 cm³/mol. The molecule has 0 fully saturated rings. The molecule has 142 valence electrons. The maximum atomic E-state index is 13.3. The van der Waals surface area contributed by atoms with Crippen LogP contribution in [0.15, 0.2) is 72.8 Å². The molecule has 0 bridgehead atoms. The number of nitrogens with one attached hydrogen (secondary N) is 1. The largest absolute Gasteiger partial charge is 0.383 e. The van der Waals surface area contributed by atoms with Crippen LogP contribution in [0.2, 0.25) is 0 Å². The summed E-state index contributed by atoms with van der Waals surface area (Å²) >= 11 is 4.49. The smallest absolute Gasteiger partial charge is 0.269 e. The summed E-state index contributed by atoms with van der Waals surface area (Å²) in [5, 5.41) is 14.3. The van der Waals surface area contributed by atoms with E-state index in [9.17, 15) is 14.9 Å². The summed E-state index contributed by atoms with van der Waals surface area (Å²) in [5.74, 6) is -0.483. The third kappa shape index (κ3) is 4.88. The average molecular weight is 598 g/mol. The maximum absolute atomic E-state index is 13.3. The first-order valence-corrected chi connectivity index (χ1v) is 10.6. The number of carbonyl (C=O) groups is 1. The first kappa shape index (κ1) is 20.7. The van der Waals surface area contributed by atoms with Crippen LogP contribution >= 0.6 is 45.2 Å². The number of para-hydroxylation sites is 1. The lowest BCUT2D eigenvalue weighted by Crippen LogP contribution is -2.23. The fourth-order valence-corrected chi connectivity index (χ4v) is 4.21. The zero-order valence-corrected chi connectivity index (χ0v) is 19.0. The number of Topliss-reactive ketones (excluding diaryl/α,β-unsaturated/α-hetero) is 1. The Morgan fingerprint density at radius 1 is 0.929 bits per heavy atom. The normalized spacial score (nSPS) is 11.6. The zero-order chi connectivity index (χ0) is 20.1. The molecular weight excluding hydrogens is 582 g/mol. The number of nitro benzene ring substituents is 1. The van der Waals surface area contributed by atoms with Gasteiger partial charge in [-0.15, -0.1) is 0 Å². The molecule has 0 aromatic heterocycles. The molecule has 0 saturated heterocycles. The van der Waals surface area contributed by atoms with Gasteiger partial charge in [-0.2, -0.15) is 0 Å². The van der Waals surface area contributed by atoms with Gasteiger partial charge < -0.3 is 5.32 Å². The summed E-state index contributed by atoms with van der Waals surface area (Å²) in [6, 6.07) is 21.5. The molecule has 3 aromatic rings. The van der Waals surface area contributed by atoms with E-state index in [-0.39, 0.29) is 11.5 Å². The molecule has 3 rings (SSSR count). The summed E-state index contributed by atoms with van der Waals surface area (Å²) in [6.45, 7) is 0.426. The number of non-ortho nitro benzene ring substituents is 1. The van der Waals surface area contributed by atoms with Crippen molar-refractivity contribution in [1.82, 2.24) is 0 Å². The highest BCUT2D eigenvalue weighted by Crippen LogP contribution is 2.28. The van der Waals surface area contributed by atoms with Gasteiger partial charge in [-0.05, 0) is 81.1 Å². The molecule has 0 saturated carbocycles. The fourth-order valence-electron chi connectivity index (χ4n) is 2.87. The number of nitro groups is 1. The Morgan fingerprint density at radius 3 is 2.14 bits per heavy atom. The number of benzene rings is 3. The highest BCUT2D eigenvalue weighted by atomic mass is 127. The zero-order valence-electron chi connectivity index (χ0n) is 14.6. The molecule has 0 spiro atoms. The van der Waals surface area contributed by atoms with Gasteiger partial charge in [0, 0.05) is 37.1 Å². The Hall–Kier alpha value is -2.01. The molecule has 3 aromatic carbocycles. The molecule has 1 unspecified atom stereocenters. The van der Waals surface area contributed by atoms with E-state index >= 15 is 0 Å². The highest BCUT2D eigenvalue weighted by Gasteiger charge is 2.24. The predicted octanol–water partition coefficient (Wildman–Crippen LogP) is 5.88. The van der Waals surface area contributed by atoms with Crippen LogP contribution in [0.5, 0.6) is 0 Å². The second-order valence-electron chi connectivity index (χ2n) is 6.10. The van der Waals surface area contributed by atoms with Crippen molar-refractivity contribution in [3.8, 4) is 0 Å². The van der Waals surface area contributed by atoms with E-state index in [1.54, 1.807) is 0 Å². The lowest BCUT2D eigenvalue weighted by molar-refractivity contribution is -0.384. The number of nitrogens with zero attached hydrogens (tertiary/aromatic N) is 1. The lowest BCUT2D eigenvalue weighted by atomic mass is 9.90. The van der Waals surface area contributed by atoms with Crippen molar-refractivity contribution in [3.05, 3.63) is 101 Å². The molecule has 7 heteroatoms. The fraction of sp³-hybridized carbons (Fsp3) is 0.0952. The van der Waals surface area contributed by atoms with Gasteiger partial charge in [0.1, 0.15) is 0 Å². The first-order chi connectivity index (χ1) is 13.5. The molecule has 0 aliphatic heterocycles. The van der Waals surface area contributed by atoms with E-state index in [0.717, 1.165) is 18.4 Å². The number of hydrogen-bond donors (Lipinski definition) is 1. The Labute approximate surface area is 190 Å². The van der Waals surface area contributed by atoms with Crippen LogP contribution in [-0.2, 0) is 0 Å². The summed E-state index contributed by atoms with van der Waals surface area (Å²) in [7, 11) is 0. The molecule has 0 amide bonds. The van der Waals surface area contributed by atoms with Gasteiger partial charge in [0.15, 0.2) is 5.78 Å². The molecular formula is C21H16I2N2O3. The van der Waals surface area contributed by atoms with E-state index in [1.165, 1.54) is 24.3 Å². The SMILES string of the molecule is O=C(c1ccc([N+](=O)[O-])cc1)C(CNc1ccccc1I)c1ccccc1I. The molecule has 5 nitrogen and oxygen atoms in total. The standard InChI is InChI=1S/C21H16I2N2O3/c22-18-6-2-1-5-16(18)17(13-24-20-8-4-3-7-19(20)23)21(26)14-9-11-15(12-10-14)25(27)28/h1-12,17,24H,13H2. The van der Waals surface area contributed by atoms with Crippen molar-refractivity contribution < 1.29 is 9.72 Å². The van der Waals surface area contributed by atoms with Gasteiger partial charge in [-0.3, -0.25) is 14.9 Å². The van der Waals surface area contributed by atoms with Gasteiger partial charge in [0.2, 0.25) is 0 Å². The lowest BCUT2D eigenvalue weighted by Gasteiger charge is -2.20. The second kappa shape index (κ2) is 9.46. The third-order valence-corrected chi connectivity index (χ3v) is 6.25. The van der Waals surface area contributed by atoms with Gasteiger partial charge in [-0.25, -0.2) is 0 Å². The van der Waals surface area contributed by atoms with Crippen LogP contribution in [0.25, 0.3) is 0 Å². The molecule has 1 atom stereocenters. The van der Waals surface area contributed by atoms with Crippen molar-refractivity contribution in [3.63, 3.8) is 0 Å². The summed E-state index contributed by atoms with van der Waals surface area (Å²) < 4.78 is 2.08.